The fraction of sp³-hybridized carbons (Fsp3) is 0.150. The number of hydrogen-bond acceptors (Lipinski definition) is 13. The maximum absolute atomic E-state index is 12.9. The van der Waals surface area contributed by atoms with Crippen molar-refractivity contribution in [2.45, 2.75) is 19.4 Å². The summed E-state index contributed by atoms with van der Waals surface area (Å²) in [5.74, 6) is -0.963. The lowest BCUT2D eigenvalue weighted by Crippen LogP contribution is -2.13. The van der Waals surface area contributed by atoms with Crippen LogP contribution in [0.1, 0.15) is 50.2 Å². The molecule has 0 aromatic heterocycles. The average molecular weight is 721 g/mol. The lowest BCUT2D eigenvalue weighted by atomic mass is 10.1. The monoisotopic (exact) mass is 720 g/mol. The second kappa shape index (κ2) is 20.7. The third-order valence-electron chi connectivity index (χ3n) is 6.97. The molecule has 0 fully saturated rings. The normalized spacial score (nSPS) is 10.7. The van der Waals surface area contributed by atoms with Gasteiger partial charge in [-0.05, 0) is 108 Å². The first kappa shape index (κ1) is 38.9. The third-order valence-corrected chi connectivity index (χ3v) is 6.97. The smallest absolute Gasteiger partial charge is 0.343 e. The van der Waals surface area contributed by atoms with Crippen molar-refractivity contribution in [3.63, 3.8) is 0 Å². The van der Waals surface area contributed by atoms with Crippen LogP contribution in [0.15, 0.2) is 127 Å². The molecule has 0 bridgehead atoms. The number of carbonyl (C=O) groups excluding carboxylic acids is 4. The molecule has 13 heteroatoms. The van der Waals surface area contributed by atoms with Crippen LogP contribution in [0.4, 0.5) is 0 Å². The van der Waals surface area contributed by atoms with E-state index in [9.17, 15) is 19.2 Å². The highest BCUT2D eigenvalue weighted by Gasteiger charge is 2.18. The van der Waals surface area contributed by atoms with Gasteiger partial charge in [0.05, 0.1) is 38.3 Å². The third kappa shape index (κ3) is 13.1. The lowest BCUT2D eigenvalue weighted by Gasteiger charge is -2.10. The van der Waals surface area contributed by atoms with E-state index in [1.54, 1.807) is 78.9 Å². The van der Waals surface area contributed by atoms with Gasteiger partial charge in [0.15, 0.2) is 5.75 Å². The van der Waals surface area contributed by atoms with Crippen LogP contribution in [0.25, 0.3) is 0 Å². The molecule has 53 heavy (non-hydrogen) atoms. The molecule has 4 rings (SSSR count). The van der Waals surface area contributed by atoms with E-state index in [4.69, 9.17) is 33.5 Å². The van der Waals surface area contributed by atoms with E-state index >= 15 is 0 Å². The van der Waals surface area contributed by atoms with Gasteiger partial charge in [0.25, 0.3) is 0 Å². The summed E-state index contributed by atoms with van der Waals surface area (Å²) in [6.45, 7) is 7.54. The summed E-state index contributed by atoms with van der Waals surface area (Å²) in [6.07, 6.45) is 6.45. The Bertz CT molecular complexity index is 1940. The minimum atomic E-state index is -0.703. The first-order chi connectivity index (χ1) is 25.8. The Hall–Kier alpha value is -6.86. The number of unbranched alkanes of at least 4 members (excludes halogenated alkanes) is 1. The molecular weight excluding hydrogens is 684 g/mol. The molecule has 0 heterocycles. The van der Waals surface area contributed by atoms with Gasteiger partial charge in [0.1, 0.15) is 29.4 Å². The molecular formula is C40H36N2O11. The van der Waals surface area contributed by atoms with Gasteiger partial charge in [-0.15, -0.1) is 0 Å². The quantitative estimate of drug-likeness (QED) is 0.0195. The molecule has 0 saturated carbocycles. The summed E-state index contributed by atoms with van der Waals surface area (Å²) in [5, 5.41) is 8.10. The molecule has 4 aromatic carbocycles. The number of benzene rings is 4. The Morgan fingerprint density at radius 1 is 0.660 bits per heavy atom. The van der Waals surface area contributed by atoms with Gasteiger partial charge < -0.3 is 28.6 Å². The Kier molecular flexibility index (Phi) is 15.2. The number of carbonyl (C=O) groups is 4. The molecule has 0 unspecified atom stereocenters. The van der Waals surface area contributed by atoms with E-state index in [0.717, 1.165) is 23.3 Å². The fourth-order valence-corrected chi connectivity index (χ4v) is 4.24. The van der Waals surface area contributed by atoms with Gasteiger partial charge in [-0.3, -0.25) is 0 Å². The van der Waals surface area contributed by atoms with Gasteiger partial charge in [0.2, 0.25) is 0 Å². The second-order valence-corrected chi connectivity index (χ2v) is 10.8. The Morgan fingerprint density at radius 2 is 1.28 bits per heavy atom. The highest BCUT2D eigenvalue weighted by atomic mass is 17.2. The summed E-state index contributed by atoms with van der Waals surface area (Å²) >= 11 is 0. The Morgan fingerprint density at radius 3 is 1.96 bits per heavy atom. The zero-order valence-corrected chi connectivity index (χ0v) is 28.8. The van der Waals surface area contributed by atoms with Gasteiger partial charge in [-0.2, -0.15) is 15.1 Å². The van der Waals surface area contributed by atoms with Crippen LogP contribution < -0.4 is 19.1 Å². The number of hydrogen-bond donors (Lipinski definition) is 0. The number of esters is 4. The Labute approximate surface area is 305 Å². The van der Waals surface area contributed by atoms with Crippen LogP contribution >= 0.6 is 0 Å². The topological polar surface area (TPSA) is 158 Å². The molecule has 272 valence electrons. The molecule has 0 aliphatic rings. The summed E-state index contributed by atoms with van der Waals surface area (Å²) in [6, 6.07) is 24.6. The van der Waals surface area contributed by atoms with E-state index in [-0.39, 0.29) is 30.1 Å². The fourth-order valence-electron chi connectivity index (χ4n) is 4.24. The first-order valence-electron chi connectivity index (χ1n) is 16.1. The van der Waals surface area contributed by atoms with Gasteiger partial charge in [-0.25, -0.2) is 19.2 Å². The molecule has 0 saturated heterocycles. The largest absolute Gasteiger partial charge is 0.494 e. The van der Waals surface area contributed by atoms with E-state index in [2.05, 4.69) is 23.4 Å². The molecule has 0 N–H and O–H groups in total. The SMILES string of the molecule is C=CC(=O)OCCCCOc1ccc(C(=O)Oc2ccc(C=NN=Cc3ccc(OOCc4ccc(OC(=O)C=C)cc4)cc3)cc2C(=O)OC)cc1. The van der Waals surface area contributed by atoms with Gasteiger partial charge in [-0.1, -0.05) is 25.3 Å². The van der Waals surface area contributed by atoms with Crippen molar-refractivity contribution in [3.8, 4) is 23.0 Å². The summed E-state index contributed by atoms with van der Waals surface area (Å²) in [5.41, 5.74) is 2.32. The molecule has 0 aliphatic heterocycles. The molecule has 0 aliphatic carbocycles. The van der Waals surface area contributed by atoms with E-state index in [1.807, 2.05) is 0 Å². The van der Waals surface area contributed by atoms with Crippen LogP contribution in [-0.2, 0) is 30.6 Å². The van der Waals surface area contributed by atoms with Crippen molar-refractivity contribution in [3.05, 3.63) is 144 Å². The number of ether oxygens (including phenoxy) is 5. The molecule has 0 spiro atoms. The van der Waals surface area contributed by atoms with Crippen LogP contribution in [-0.4, -0.2) is 56.6 Å². The minimum absolute atomic E-state index is 0.00993. The van der Waals surface area contributed by atoms with Gasteiger partial charge >= 0.3 is 23.9 Å². The van der Waals surface area contributed by atoms with E-state index < -0.39 is 23.9 Å². The zero-order chi connectivity index (χ0) is 37.8. The lowest BCUT2D eigenvalue weighted by molar-refractivity contribution is -0.217. The van der Waals surface area contributed by atoms with E-state index in [0.29, 0.717) is 42.3 Å². The van der Waals surface area contributed by atoms with Crippen LogP contribution in [0, 0.1) is 0 Å². The predicted molar refractivity (Wildman–Crippen MR) is 194 cm³/mol. The summed E-state index contributed by atoms with van der Waals surface area (Å²) in [4.78, 5) is 58.4. The van der Waals surface area contributed by atoms with Crippen molar-refractivity contribution in [2.24, 2.45) is 10.2 Å². The maximum Gasteiger partial charge on any atom is 0.343 e. The van der Waals surface area contributed by atoms with Crippen molar-refractivity contribution in [2.75, 3.05) is 20.3 Å². The minimum Gasteiger partial charge on any atom is -0.494 e. The highest BCUT2D eigenvalue weighted by Crippen LogP contribution is 2.23. The van der Waals surface area contributed by atoms with E-state index in [1.165, 1.54) is 31.7 Å². The first-order valence-corrected chi connectivity index (χ1v) is 16.1. The number of methoxy groups -OCH3 is 1. The second-order valence-electron chi connectivity index (χ2n) is 10.8. The summed E-state index contributed by atoms with van der Waals surface area (Å²) < 4.78 is 26.0. The van der Waals surface area contributed by atoms with Gasteiger partial charge in [0, 0.05) is 12.2 Å². The van der Waals surface area contributed by atoms with Crippen LogP contribution in [0.2, 0.25) is 0 Å². The predicted octanol–water partition coefficient (Wildman–Crippen LogP) is 6.64. The van der Waals surface area contributed by atoms with Crippen molar-refractivity contribution >= 4 is 36.3 Å². The van der Waals surface area contributed by atoms with Crippen LogP contribution in [0.3, 0.4) is 0 Å². The van der Waals surface area contributed by atoms with Crippen molar-refractivity contribution in [1.82, 2.24) is 0 Å². The Balaban J connectivity index is 1.25. The number of rotatable bonds is 19. The van der Waals surface area contributed by atoms with Crippen LogP contribution in [0.5, 0.6) is 23.0 Å². The maximum atomic E-state index is 12.9. The molecule has 0 atom stereocenters. The average Bonchev–Trinajstić information content (AvgIpc) is 3.19. The molecule has 0 radical (unpaired) electrons. The molecule has 0 amide bonds. The zero-order valence-electron chi connectivity index (χ0n) is 28.8. The standard InChI is InChI=1S/C40H36N2O11/c1-4-37(43)49-23-7-6-22-48-32-19-13-31(14-20-32)39(45)52-36-21-12-30(24-35(36)40(46)47-3)26-42-41-25-28-8-17-34(18-9-28)53-50-27-29-10-15-33(16-11-29)51-38(44)5-2/h4-5,8-21,24-26H,1-2,6-7,22-23,27H2,3H3. The number of nitrogens with zero attached hydrogens (tertiary/aromatic N) is 2. The highest BCUT2D eigenvalue weighted by molar-refractivity contribution is 5.98. The summed E-state index contributed by atoms with van der Waals surface area (Å²) in [7, 11) is 1.22. The van der Waals surface area contributed by atoms with Crippen molar-refractivity contribution < 1.29 is 52.6 Å². The molecule has 13 nitrogen and oxygen atoms in total. The van der Waals surface area contributed by atoms with Crippen molar-refractivity contribution in [1.29, 1.82) is 0 Å². The molecule has 4 aromatic rings.